The summed E-state index contributed by atoms with van der Waals surface area (Å²) in [5.41, 5.74) is -0.0367. The van der Waals surface area contributed by atoms with Crippen LogP contribution in [0.2, 0.25) is 0 Å². The van der Waals surface area contributed by atoms with Crippen molar-refractivity contribution >= 4 is 11.6 Å². The van der Waals surface area contributed by atoms with Crippen molar-refractivity contribution < 1.29 is 9.15 Å². The molecular weight excluding hydrogens is 164 g/mol. The van der Waals surface area contributed by atoms with Gasteiger partial charge in [0.2, 0.25) is 0 Å². The Morgan fingerprint density at radius 3 is 2.73 bits per heavy atom. The Hall–Kier alpha value is -0.470. The zero-order valence-electron chi connectivity index (χ0n) is 6.05. The standard InChI is InChI=1S/C8H9ClO2/c9-4-8(5-10-6-8)7-2-1-3-11-7/h1-3H,4-6H2. The summed E-state index contributed by atoms with van der Waals surface area (Å²) in [6, 6.07) is 3.83. The highest BCUT2D eigenvalue weighted by Crippen LogP contribution is 2.33. The lowest BCUT2D eigenvalue weighted by Gasteiger charge is -2.37. The van der Waals surface area contributed by atoms with E-state index in [0.717, 1.165) is 5.76 Å². The average Bonchev–Trinajstić information content (AvgIpc) is 2.39. The minimum absolute atomic E-state index is 0.0367. The lowest BCUT2D eigenvalue weighted by Crippen LogP contribution is -2.48. The van der Waals surface area contributed by atoms with Crippen molar-refractivity contribution in [3.8, 4) is 0 Å². The SMILES string of the molecule is ClCC1(c2ccco2)COC1. The molecule has 0 amide bonds. The van der Waals surface area contributed by atoms with Crippen molar-refractivity contribution in [3.05, 3.63) is 24.2 Å². The maximum Gasteiger partial charge on any atom is 0.115 e. The molecule has 0 unspecified atom stereocenters. The summed E-state index contributed by atoms with van der Waals surface area (Å²) >= 11 is 5.81. The fourth-order valence-electron chi connectivity index (χ4n) is 1.21. The third-order valence-electron chi connectivity index (χ3n) is 2.06. The first-order valence-corrected chi connectivity index (χ1v) is 4.08. The van der Waals surface area contributed by atoms with Crippen molar-refractivity contribution in [2.45, 2.75) is 5.41 Å². The predicted octanol–water partition coefficient (Wildman–Crippen LogP) is 1.79. The summed E-state index contributed by atoms with van der Waals surface area (Å²) in [5.74, 6) is 1.51. The summed E-state index contributed by atoms with van der Waals surface area (Å²) in [6.45, 7) is 1.37. The van der Waals surface area contributed by atoms with Gasteiger partial charge in [0.1, 0.15) is 5.76 Å². The Morgan fingerprint density at radius 1 is 1.55 bits per heavy atom. The number of halogens is 1. The van der Waals surface area contributed by atoms with E-state index in [2.05, 4.69) is 0 Å². The number of hydrogen-bond donors (Lipinski definition) is 0. The highest BCUT2D eigenvalue weighted by Gasteiger charge is 2.42. The minimum atomic E-state index is -0.0367. The second-order valence-corrected chi connectivity index (χ2v) is 3.15. The molecule has 3 heteroatoms. The van der Waals surface area contributed by atoms with Crippen LogP contribution in [0.1, 0.15) is 5.76 Å². The molecule has 1 fully saturated rings. The molecule has 0 saturated carbocycles. The largest absolute Gasteiger partial charge is 0.469 e. The first-order chi connectivity index (χ1) is 5.37. The molecule has 1 aromatic heterocycles. The fraction of sp³-hybridized carbons (Fsp3) is 0.500. The molecule has 0 N–H and O–H groups in total. The molecule has 1 aromatic rings. The lowest BCUT2D eigenvalue weighted by molar-refractivity contribution is -0.0577. The van der Waals surface area contributed by atoms with Crippen molar-refractivity contribution in [2.75, 3.05) is 19.1 Å². The van der Waals surface area contributed by atoms with Crippen LogP contribution in [0, 0.1) is 0 Å². The number of rotatable bonds is 2. The Balaban J connectivity index is 2.25. The topological polar surface area (TPSA) is 22.4 Å². The van der Waals surface area contributed by atoms with Gasteiger partial charge in [-0.3, -0.25) is 0 Å². The van der Waals surface area contributed by atoms with Gasteiger partial charge in [-0.2, -0.15) is 0 Å². The zero-order chi connectivity index (χ0) is 7.73. The number of ether oxygens (including phenoxy) is 1. The van der Waals surface area contributed by atoms with Crippen molar-refractivity contribution in [3.63, 3.8) is 0 Å². The van der Waals surface area contributed by atoms with Crippen LogP contribution in [0.25, 0.3) is 0 Å². The van der Waals surface area contributed by atoms with E-state index in [1.807, 2.05) is 12.1 Å². The molecule has 0 aliphatic carbocycles. The molecule has 0 bridgehead atoms. The fourth-order valence-corrected chi connectivity index (χ4v) is 1.50. The van der Waals surface area contributed by atoms with Gasteiger partial charge in [0, 0.05) is 5.88 Å². The quantitative estimate of drug-likeness (QED) is 0.635. The Labute approximate surface area is 70.1 Å². The highest BCUT2D eigenvalue weighted by molar-refractivity contribution is 6.18. The van der Waals surface area contributed by atoms with Crippen LogP contribution < -0.4 is 0 Å². The molecule has 11 heavy (non-hydrogen) atoms. The average molecular weight is 173 g/mol. The number of alkyl halides is 1. The second kappa shape index (κ2) is 2.54. The van der Waals surface area contributed by atoms with E-state index in [4.69, 9.17) is 20.8 Å². The van der Waals surface area contributed by atoms with Crippen LogP contribution in [0.3, 0.4) is 0 Å². The van der Waals surface area contributed by atoms with E-state index in [0.29, 0.717) is 19.1 Å². The predicted molar refractivity (Wildman–Crippen MR) is 41.9 cm³/mol. The van der Waals surface area contributed by atoms with Crippen LogP contribution in [-0.2, 0) is 10.2 Å². The molecule has 1 aliphatic rings. The molecule has 0 radical (unpaired) electrons. The van der Waals surface area contributed by atoms with Crippen LogP contribution in [0.5, 0.6) is 0 Å². The van der Waals surface area contributed by atoms with Crippen molar-refractivity contribution in [1.29, 1.82) is 0 Å². The van der Waals surface area contributed by atoms with Crippen LogP contribution >= 0.6 is 11.6 Å². The molecule has 60 valence electrons. The maximum atomic E-state index is 5.81. The van der Waals surface area contributed by atoms with Gasteiger partial charge in [-0.15, -0.1) is 11.6 Å². The Bertz CT molecular complexity index is 221. The van der Waals surface area contributed by atoms with E-state index in [1.165, 1.54) is 0 Å². The van der Waals surface area contributed by atoms with E-state index in [1.54, 1.807) is 6.26 Å². The molecule has 0 aromatic carbocycles. The molecular formula is C8H9ClO2. The first-order valence-electron chi connectivity index (χ1n) is 3.55. The molecule has 1 saturated heterocycles. The summed E-state index contributed by atoms with van der Waals surface area (Å²) in [5, 5.41) is 0. The lowest BCUT2D eigenvalue weighted by atomic mass is 9.86. The van der Waals surface area contributed by atoms with Crippen LogP contribution in [0.4, 0.5) is 0 Å². The summed E-state index contributed by atoms with van der Waals surface area (Å²) in [4.78, 5) is 0. The molecule has 1 aliphatic heterocycles. The second-order valence-electron chi connectivity index (χ2n) is 2.88. The molecule has 2 nitrogen and oxygen atoms in total. The Morgan fingerprint density at radius 2 is 2.36 bits per heavy atom. The molecule has 0 spiro atoms. The molecule has 2 rings (SSSR count). The van der Waals surface area contributed by atoms with Gasteiger partial charge in [-0.05, 0) is 12.1 Å². The van der Waals surface area contributed by atoms with Gasteiger partial charge in [-0.25, -0.2) is 0 Å². The van der Waals surface area contributed by atoms with Crippen molar-refractivity contribution in [2.24, 2.45) is 0 Å². The minimum Gasteiger partial charge on any atom is -0.469 e. The van der Waals surface area contributed by atoms with E-state index in [9.17, 15) is 0 Å². The maximum absolute atomic E-state index is 5.81. The van der Waals surface area contributed by atoms with Crippen LogP contribution in [-0.4, -0.2) is 19.1 Å². The van der Waals surface area contributed by atoms with Crippen LogP contribution in [0.15, 0.2) is 22.8 Å². The van der Waals surface area contributed by atoms with Gasteiger partial charge < -0.3 is 9.15 Å². The zero-order valence-corrected chi connectivity index (χ0v) is 6.80. The van der Waals surface area contributed by atoms with Gasteiger partial charge in [0.05, 0.1) is 24.9 Å². The highest BCUT2D eigenvalue weighted by atomic mass is 35.5. The van der Waals surface area contributed by atoms with Gasteiger partial charge >= 0.3 is 0 Å². The number of hydrogen-bond acceptors (Lipinski definition) is 2. The van der Waals surface area contributed by atoms with Gasteiger partial charge in [0.15, 0.2) is 0 Å². The Kier molecular flexibility index (Phi) is 1.66. The smallest absolute Gasteiger partial charge is 0.115 e. The third-order valence-corrected chi connectivity index (χ3v) is 2.57. The normalized spacial score (nSPS) is 21.2. The van der Waals surface area contributed by atoms with Gasteiger partial charge in [0.25, 0.3) is 0 Å². The van der Waals surface area contributed by atoms with Gasteiger partial charge in [-0.1, -0.05) is 0 Å². The van der Waals surface area contributed by atoms with E-state index in [-0.39, 0.29) is 5.41 Å². The molecule has 2 heterocycles. The summed E-state index contributed by atoms with van der Waals surface area (Å²) < 4.78 is 10.4. The number of furan rings is 1. The third kappa shape index (κ3) is 0.976. The summed E-state index contributed by atoms with van der Waals surface area (Å²) in [6.07, 6.45) is 1.67. The molecule has 0 atom stereocenters. The van der Waals surface area contributed by atoms with E-state index < -0.39 is 0 Å². The van der Waals surface area contributed by atoms with E-state index >= 15 is 0 Å². The monoisotopic (exact) mass is 172 g/mol. The summed E-state index contributed by atoms with van der Waals surface area (Å²) in [7, 11) is 0. The van der Waals surface area contributed by atoms with Crippen molar-refractivity contribution in [1.82, 2.24) is 0 Å². The first kappa shape index (κ1) is 7.19.